The van der Waals surface area contributed by atoms with Gasteiger partial charge in [0.1, 0.15) is 18.0 Å². The van der Waals surface area contributed by atoms with Crippen LogP contribution in [-0.2, 0) is 14.3 Å². The molecule has 4 rings (SSSR count). The Morgan fingerprint density at radius 1 is 1.07 bits per heavy atom. The lowest BCUT2D eigenvalue weighted by molar-refractivity contribution is -0.138. The van der Waals surface area contributed by atoms with E-state index in [2.05, 4.69) is 0 Å². The van der Waals surface area contributed by atoms with Gasteiger partial charge in [-0.2, -0.15) is 0 Å². The second-order valence-electron chi connectivity index (χ2n) is 11.8. The number of carbonyl (C=O) groups excluding carboxylic acids is 2. The van der Waals surface area contributed by atoms with Gasteiger partial charge in [0.15, 0.2) is 17.3 Å². The molecule has 46 heavy (non-hydrogen) atoms. The van der Waals surface area contributed by atoms with E-state index in [9.17, 15) is 24.6 Å². The number of carboxylic acids is 1. The van der Waals surface area contributed by atoms with E-state index in [4.69, 9.17) is 36.3 Å². The largest absolute Gasteiger partial charge is 0.493 e. The Bertz CT molecular complexity index is 1580. The summed E-state index contributed by atoms with van der Waals surface area (Å²) in [5, 5.41) is 19.7. The third-order valence-corrected chi connectivity index (χ3v) is 7.95. The number of carboxylic acid groups (broad SMARTS) is 1. The minimum atomic E-state index is -1.26. The lowest BCUT2D eigenvalue weighted by atomic mass is 9.92. The van der Waals surface area contributed by atoms with Crippen LogP contribution in [0.3, 0.4) is 0 Å². The third-order valence-electron chi connectivity index (χ3n) is 7.71. The van der Waals surface area contributed by atoms with Gasteiger partial charge in [0, 0.05) is 53.2 Å². The summed E-state index contributed by atoms with van der Waals surface area (Å²) in [5.41, 5.74) is 7.28. The smallest absolute Gasteiger partial charge is 0.335 e. The van der Waals surface area contributed by atoms with Crippen LogP contribution < -0.4 is 24.8 Å². The molecule has 4 N–H and O–H groups in total. The Kier molecular flexibility index (Phi) is 11.3. The molecule has 0 bridgehead atoms. The first-order valence-corrected chi connectivity index (χ1v) is 15.1. The maximum absolute atomic E-state index is 14.3. The normalized spacial score (nSPS) is 17.1. The number of benzene rings is 3. The van der Waals surface area contributed by atoms with E-state index in [0.29, 0.717) is 39.1 Å². The van der Waals surface area contributed by atoms with Gasteiger partial charge < -0.3 is 39.8 Å². The van der Waals surface area contributed by atoms with Crippen molar-refractivity contribution in [3.63, 3.8) is 0 Å². The summed E-state index contributed by atoms with van der Waals surface area (Å²) in [6, 6.07) is 15.4. The molecule has 246 valence electrons. The Balaban J connectivity index is 1.66. The standard InChI is InChI=1S/C34H39ClN2O9/c1-34(2,19-38)18-37-26-12-11-21(35)16-24(26)30(23-9-6-10-28(43-3)31(23)44-4)46-29(32(37)40)17-27(39)25(36)13-14-45-22-8-5-7-20(15-22)33(41)42/h5-12,15-16,25,29-30,38H,13-14,17-19,36H2,1-4H3,(H,41,42)/t25?,29-,30-/m1/s1. The lowest BCUT2D eigenvalue weighted by Crippen LogP contribution is -2.47. The van der Waals surface area contributed by atoms with E-state index in [1.165, 1.54) is 31.3 Å². The van der Waals surface area contributed by atoms with Crippen LogP contribution in [-0.4, -0.2) is 74.0 Å². The first-order chi connectivity index (χ1) is 21.9. The van der Waals surface area contributed by atoms with E-state index in [1.54, 1.807) is 48.5 Å². The maximum atomic E-state index is 14.3. The summed E-state index contributed by atoms with van der Waals surface area (Å²) in [5.74, 6) is -0.820. The molecule has 0 saturated heterocycles. The number of Topliss-reactive ketones (excluding diaryl/α,β-unsaturated/α-hetero) is 1. The third kappa shape index (κ3) is 7.97. The SMILES string of the molecule is COc1cccc([C@H]2O[C@H](CC(=O)C(N)CCOc3cccc(C(=O)O)c3)C(=O)N(CC(C)(C)CO)c3ccc(Cl)cc32)c1OC. The number of rotatable bonds is 14. The van der Waals surface area contributed by atoms with Crippen molar-refractivity contribution in [1.82, 2.24) is 0 Å². The number of nitrogens with zero attached hydrogens (tertiary/aromatic N) is 1. The summed E-state index contributed by atoms with van der Waals surface area (Å²) in [4.78, 5) is 40.5. The molecule has 0 aromatic heterocycles. The highest BCUT2D eigenvalue weighted by molar-refractivity contribution is 6.30. The number of para-hydroxylation sites is 1. The van der Waals surface area contributed by atoms with E-state index in [-0.39, 0.29) is 38.2 Å². The lowest BCUT2D eigenvalue weighted by Gasteiger charge is -2.32. The van der Waals surface area contributed by atoms with E-state index in [1.807, 2.05) is 13.8 Å². The van der Waals surface area contributed by atoms with E-state index < -0.39 is 41.3 Å². The van der Waals surface area contributed by atoms with Gasteiger partial charge in [0.25, 0.3) is 5.91 Å². The zero-order chi connectivity index (χ0) is 33.6. The first-order valence-electron chi connectivity index (χ1n) is 14.7. The highest BCUT2D eigenvalue weighted by Gasteiger charge is 2.41. The topological polar surface area (TPSA) is 158 Å². The summed E-state index contributed by atoms with van der Waals surface area (Å²) >= 11 is 6.47. The van der Waals surface area contributed by atoms with Crippen LogP contribution in [0.2, 0.25) is 5.02 Å². The van der Waals surface area contributed by atoms with Crippen LogP contribution in [0.1, 0.15) is 54.3 Å². The van der Waals surface area contributed by atoms with Crippen molar-refractivity contribution in [1.29, 1.82) is 0 Å². The van der Waals surface area contributed by atoms with Crippen molar-refractivity contribution < 1.29 is 43.5 Å². The Hall–Kier alpha value is -4.16. The molecular formula is C34H39ClN2O9. The van der Waals surface area contributed by atoms with Crippen LogP contribution in [0.15, 0.2) is 60.7 Å². The Morgan fingerprint density at radius 3 is 2.48 bits per heavy atom. The number of carbonyl (C=O) groups is 3. The van der Waals surface area contributed by atoms with Crippen LogP contribution in [0.25, 0.3) is 0 Å². The number of amides is 1. The average molecular weight is 655 g/mol. The summed E-state index contributed by atoms with van der Waals surface area (Å²) in [7, 11) is 3.01. The molecule has 1 aliphatic heterocycles. The maximum Gasteiger partial charge on any atom is 0.335 e. The fourth-order valence-electron chi connectivity index (χ4n) is 5.22. The highest BCUT2D eigenvalue weighted by Crippen LogP contribution is 2.45. The van der Waals surface area contributed by atoms with Crippen LogP contribution in [0, 0.1) is 5.41 Å². The molecule has 1 amide bonds. The molecule has 3 aromatic rings. The number of ketones is 1. The molecule has 1 aliphatic rings. The van der Waals surface area contributed by atoms with Crippen molar-refractivity contribution in [3.8, 4) is 17.2 Å². The molecule has 0 spiro atoms. The number of aliphatic hydroxyl groups excluding tert-OH is 1. The second kappa shape index (κ2) is 15.0. The van der Waals surface area contributed by atoms with Gasteiger partial charge >= 0.3 is 5.97 Å². The number of hydrogen-bond donors (Lipinski definition) is 3. The van der Waals surface area contributed by atoms with Crippen molar-refractivity contribution in [2.75, 3.05) is 38.9 Å². The van der Waals surface area contributed by atoms with Crippen LogP contribution in [0.4, 0.5) is 5.69 Å². The fraction of sp³-hybridized carbons (Fsp3) is 0.382. The van der Waals surface area contributed by atoms with Gasteiger partial charge in [-0.05, 0) is 42.5 Å². The van der Waals surface area contributed by atoms with Gasteiger partial charge in [-0.25, -0.2) is 4.79 Å². The Labute approximate surface area is 272 Å². The monoisotopic (exact) mass is 654 g/mol. The number of aromatic carboxylic acids is 1. The molecule has 0 radical (unpaired) electrons. The number of ether oxygens (including phenoxy) is 4. The molecule has 3 atom stereocenters. The molecule has 1 unspecified atom stereocenters. The second-order valence-corrected chi connectivity index (χ2v) is 12.2. The highest BCUT2D eigenvalue weighted by atomic mass is 35.5. The van der Waals surface area contributed by atoms with E-state index in [0.717, 1.165) is 0 Å². The minimum Gasteiger partial charge on any atom is -0.493 e. The van der Waals surface area contributed by atoms with Crippen molar-refractivity contribution in [2.45, 2.75) is 44.9 Å². The van der Waals surface area contributed by atoms with Crippen molar-refractivity contribution in [2.24, 2.45) is 11.1 Å². The number of hydrogen-bond acceptors (Lipinski definition) is 9. The number of fused-ring (bicyclic) bond motifs is 1. The molecule has 3 aromatic carbocycles. The summed E-state index contributed by atoms with van der Waals surface area (Å²) < 4.78 is 23.4. The van der Waals surface area contributed by atoms with E-state index >= 15 is 0 Å². The van der Waals surface area contributed by atoms with Crippen molar-refractivity contribution in [3.05, 3.63) is 82.4 Å². The van der Waals surface area contributed by atoms with Gasteiger partial charge in [0.05, 0.1) is 32.4 Å². The molecule has 0 saturated carbocycles. The minimum absolute atomic E-state index is 0.0415. The van der Waals surface area contributed by atoms with Gasteiger partial charge in [-0.1, -0.05) is 43.6 Å². The molecule has 11 nitrogen and oxygen atoms in total. The fourth-order valence-corrected chi connectivity index (χ4v) is 5.40. The summed E-state index contributed by atoms with van der Waals surface area (Å²) in [6.07, 6.45) is -2.38. The number of methoxy groups -OCH3 is 2. The summed E-state index contributed by atoms with van der Waals surface area (Å²) in [6.45, 7) is 3.62. The molecule has 0 fully saturated rings. The zero-order valence-corrected chi connectivity index (χ0v) is 27.0. The van der Waals surface area contributed by atoms with Gasteiger partial charge in [0.2, 0.25) is 0 Å². The zero-order valence-electron chi connectivity index (χ0n) is 26.2. The number of anilines is 1. The average Bonchev–Trinajstić information content (AvgIpc) is 3.14. The van der Waals surface area contributed by atoms with Gasteiger partial charge in [-0.15, -0.1) is 0 Å². The van der Waals surface area contributed by atoms with Crippen molar-refractivity contribution >= 4 is 34.9 Å². The Morgan fingerprint density at radius 2 is 1.80 bits per heavy atom. The van der Waals surface area contributed by atoms with Crippen LogP contribution >= 0.6 is 11.6 Å². The predicted molar refractivity (Wildman–Crippen MR) is 172 cm³/mol. The molecule has 12 heteroatoms. The quantitative estimate of drug-likeness (QED) is 0.223. The molecular weight excluding hydrogens is 616 g/mol. The van der Waals surface area contributed by atoms with Crippen LogP contribution in [0.5, 0.6) is 17.2 Å². The predicted octanol–water partition coefficient (Wildman–Crippen LogP) is 4.65. The number of halogens is 1. The number of aliphatic hydroxyl groups is 1. The first kappa shape index (κ1) is 34.7. The molecule has 1 heterocycles. The molecule has 0 aliphatic carbocycles. The number of nitrogens with two attached hydrogens (primary N) is 1. The van der Waals surface area contributed by atoms with Gasteiger partial charge in [-0.3, -0.25) is 9.59 Å².